The molecule has 0 bridgehead atoms. The van der Waals surface area contributed by atoms with Crippen molar-refractivity contribution in [2.45, 2.75) is 13.5 Å². The fourth-order valence-corrected chi connectivity index (χ4v) is 2.45. The first kappa shape index (κ1) is 15.4. The highest BCUT2D eigenvalue weighted by Crippen LogP contribution is 2.25. The van der Waals surface area contributed by atoms with Crippen molar-refractivity contribution < 1.29 is 14.6 Å². The number of anilines is 1. The van der Waals surface area contributed by atoms with Gasteiger partial charge in [-0.15, -0.1) is 0 Å². The Bertz CT molecular complexity index is 671. The molecular weight excluding hydrogens is 334 g/mol. The molecule has 0 unspecified atom stereocenters. The number of ether oxygens (including phenoxy) is 1. The van der Waals surface area contributed by atoms with Crippen molar-refractivity contribution in [2.24, 2.45) is 0 Å². The smallest absolute Gasteiger partial charge is 0.338 e. The van der Waals surface area contributed by atoms with Gasteiger partial charge in [0.15, 0.2) is 0 Å². The Morgan fingerprint density at radius 1 is 1.33 bits per heavy atom. The molecule has 0 aliphatic rings. The topological polar surface area (TPSA) is 58.6 Å². The number of halogens is 1. The van der Waals surface area contributed by atoms with Crippen LogP contribution in [0.15, 0.2) is 40.9 Å². The molecule has 110 valence electrons. The standard InChI is InChI=1S/C16H16BrNO3/c1-10-13(16(20)21-2)4-3-5-14(10)18-9-11-8-12(17)6-7-15(11)19/h3-8,18-19H,9H2,1-2H3. The minimum absolute atomic E-state index is 0.229. The van der Waals surface area contributed by atoms with Crippen molar-refractivity contribution in [3.63, 3.8) is 0 Å². The number of phenols is 1. The van der Waals surface area contributed by atoms with Crippen molar-refractivity contribution in [1.82, 2.24) is 0 Å². The third kappa shape index (κ3) is 3.55. The van der Waals surface area contributed by atoms with Gasteiger partial charge in [0.05, 0.1) is 12.7 Å². The molecule has 0 spiro atoms. The molecule has 2 aromatic carbocycles. The predicted octanol–water partition coefficient (Wildman–Crippen LogP) is 3.86. The fraction of sp³-hybridized carbons (Fsp3) is 0.188. The van der Waals surface area contributed by atoms with Gasteiger partial charge < -0.3 is 15.2 Å². The number of nitrogens with one attached hydrogen (secondary N) is 1. The molecule has 0 atom stereocenters. The largest absolute Gasteiger partial charge is 0.508 e. The number of aromatic hydroxyl groups is 1. The van der Waals surface area contributed by atoms with E-state index in [-0.39, 0.29) is 11.7 Å². The lowest BCUT2D eigenvalue weighted by Gasteiger charge is -2.13. The highest BCUT2D eigenvalue weighted by atomic mass is 79.9. The van der Waals surface area contributed by atoms with Gasteiger partial charge in [0, 0.05) is 22.3 Å². The number of hydrogen-bond acceptors (Lipinski definition) is 4. The first-order chi connectivity index (χ1) is 10.0. The molecule has 0 radical (unpaired) electrons. The second-order valence-electron chi connectivity index (χ2n) is 4.60. The summed E-state index contributed by atoms with van der Waals surface area (Å²) >= 11 is 3.38. The average molecular weight is 350 g/mol. The van der Waals surface area contributed by atoms with Crippen LogP contribution in [0.25, 0.3) is 0 Å². The minimum atomic E-state index is -0.360. The van der Waals surface area contributed by atoms with E-state index in [0.717, 1.165) is 21.3 Å². The number of esters is 1. The number of carbonyl (C=O) groups excluding carboxylic acids is 1. The molecule has 21 heavy (non-hydrogen) atoms. The van der Waals surface area contributed by atoms with Crippen LogP contribution in [-0.2, 0) is 11.3 Å². The summed E-state index contributed by atoms with van der Waals surface area (Å²) in [5, 5.41) is 13.1. The van der Waals surface area contributed by atoms with Crippen LogP contribution in [0.3, 0.4) is 0 Å². The summed E-state index contributed by atoms with van der Waals surface area (Å²) < 4.78 is 5.66. The maximum atomic E-state index is 11.7. The molecule has 5 heteroatoms. The summed E-state index contributed by atoms with van der Waals surface area (Å²) in [5.74, 6) is -0.131. The predicted molar refractivity (Wildman–Crippen MR) is 85.7 cm³/mol. The van der Waals surface area contributed by atoms with Gasteiger partial charge in [0.2, 0.25) is 0 Å². The number of hydrogen-bond donors (Lipinski definition) is 2. The Kier molecular flexibility index (Phi) is 4.85. The molecule has 0 fully saturated rings. The van der Waals surface area contributed by atoms with Crippen LogP contribution in [0.4, 0.5) is 5.69 Å². The lowest BCUT2D eigenvalue weighted by Crippen LogP contribution is -2.07. The van der Waals surface area contributed by atoms with E-state index >= 15 is 0 Å². The monoisotopic (exact) mass is 349 g/mol. The van der Waals surface area contributed by atoms with Crippen molar-refractivity contribution in [3.8, 4) is 5.75 Å². The Hall–Kier alpha value is -2.01. The SMILES string of the molecule is COC(=O)c1cccc(NCc2cc(Br)ccc2O)c1C. The Morgan fingerprint density at radius 3 is 2.81 bits per heavy atom. The Labute approximate surface area is 131 Å². The molecule has 2 aromatic rings. The normalized spacial score (nSPS) is 10.2. The van der Waals surface area contributed by atoms with Crippen molar-refractivity contribution in [2.75, 3.05) is 12.4 Å². The van der Waals surface area contributed by atoms with Crippen LogP contribution < -0.4 is 5.32 Å². The highest BCUT2D eigenvalue weighted by Gasteiger charge is 2.12. The van der Waals surface area contributed by atoms with Gasteiger partial charge in [-0.3, -0.25) is 0 Å². The minimum Gasteiger partial charge on any atom is -0.508 e. The van der Waals surface area contributed by atoms with E-state index in [2.05, 4.69) is 21.2 Å². The van der Waals surface area contributed by atoms with Gasteiger partial charge in [-0.1, -0.05) is 22.0 Å². The van der Waals surface area contributed by atoms with Crippen LogP contribution in [0.2, 0.25) is 0 Å². The molecular formula is C16H16BrNO3. The molecule has 0 saturated heterocycles. The average Bonchev–Trinajstić information content (AvgIpc) is 2.48. The second kappa shape index (κ2) is 6.63. The van der Waals surface area contributed by atoms with Crippen LogP contribution in [-0.4, -0.2) is 18.2 Å². The summed E-state index contributed by atoms with van der Waals surface area (Å²) in [4.78, 5) is 11.7. The quantitative estimate of drug-likeness (QED) is 0.822. The molecule has 0 saturated carbocycles. The molecule has 0 aliphatic carbocycles. The van der Waals surface area contributed by atoms with Crippen LogP contribution in [0.1, 0.15) is 21.5 Å². The molecule has 0 heterocycles. The summed E-state index contributed by atoms with van der Waals surface area (Å²) in [7, 11) is 1.36. The summed E-state index contributed by atoms with van der Waals surface area (Å²) in [6.45, 7) is 2.31. The number of carbonyl (C=O) groups is 1. The van der Waals surface area contributed by atoms with E-state index in [1.165, 1.54) is 7.11 Å². The first-order valence-corrected chi connectivity index (χ1v) is 7.21. The summed E-state index contributed by atoms with van der Waals surface area (Å²) in [5.41, 5.74) is 2.95. The van der Waals surface area contributed by atoms with Crippen molar-refractivity contribution in [1.29, 1.82) is 0 Å². The Balaban J connectivity index is 2.21. The number of rotatable bonds is 4. The number of benzene rings is 2. The zero-order valence-corrected chi connectivity index (χ0v) is 13.4. The third-order valence-electron chi connectivity index (χ3n) is 3.25. The van der Waals surface area contributed by atoms with Crippen molar-refractivity contribution in [3.05, 3.63) is 57.6 Å². The van der Waals surface area contributed by atoms with E-state index in [4.69, 9.17) is 4.74 Å². The summed E-state index contributed by atoms with van der Waals surface area (Å²) in [6.07, 6.45) is 0. The maximum absolute atomic E-state index is 11.7. The molecule has 4 nitrogen and oxygen atoms in total. The third-order valence-corrected chi connectivity index (χ3v) is 3.74. The molecule has 2 N–H and O–H groups in total. The van der Waals surface area contributed by atoms with Gasteiger partial charge in [-0.2, -0.15) is 0 Å². The number of methoxy groups -OCH3 is 1. The van der Waals surface area contributed by atoms with Gasteiger partial charge >= 0.3 is 5.97 Å². The van der Waals surface area contributed by atoms with E-state index in [1.54, 1.807) is 24.3 Å². The van der Waals surface area contributed by atoms with Crippen LogP contribution in [0, 0.1) is 6.92 Å². The van der Waals surface area contributed by atoms with Gasteiger partial charge in [0.1, 0.15) is 5.75 Å². The first-order valence-electron chi connectivity index (χ1n) is 6.42. The lowest BCUT2D eigenvalue weighted by molar-refractivity contribution is 0.0600. The van der Waals surface area contributed by atoms with E-state index < -0.39 is 0 Å². The highest BCUT2D eigenvalue weighted by molar-refractivity contribution is 9.10. The molecule has 0 amide bonds. The Morgan fingerprint density at radius 2 is 2.10 bits per heavy atom. The van der Waals surface area contributed by atoms with E-state index in [1.807, 2.05) is 19.1 Å². The zero-order chi connectivity index (χ0) is 15.4. The van der Waals surface area contributed by atoms with E-state index in [9.17, 15) is 9.90 Å². The van der Waals surface area contributed by atoms with Crippen molar-refractivity contribution >= 4 is 27.6 Å². The molecule has 2 rings (SSSR count). The summed E-state index contributed by atoms with van der Waals surface area (Å²) in [6, 6.07) is 10.7. The molecule has 0 aliphatic heterocycles. The van der Waals surface area contributed by atoms with Crippen LogP contribution >= 0.6 is 15.9 Å². The maximum Gasteiger partial charge on any atom is 0.338 e. The zero-order valence-electron chi connectivity index (χ0n) is 11.8. The second-order valence-corrected chi connectivity index (χ2v) is 5.51. The number of phenolic OH excluding ortho intramolecular Hbond substituents is 1. The van der Waals surface area contributed by atoms with Gasteiger partial charge in [0.25, 0.3) is 0 Å². The molecule has 0 aromatic heterocycles. The van der Waals surface area contributed by atoms with E-state index in [0.29, 0.717) is 12.1 Å². The van der Waals surface area contributed by atoms with Crippen LogP contribution in [0.5, 0.6) is 5.75 Å². The van der Waals surface area contributed by atoms with Gasteiger partial charge in [-0.25, -0.2) is 4.79 Å². The lowest BCUT2D eigenvalue weighted by atomic mass is 10.1. The van der Waals surface area contributed by atoms with Gasteiger partial charge in [-0.05, 0) is 42.8 Å². The fourth-order valence-electron chi connectivity index (χ4n) is 2.04.